The lowest BCUT2D eigenvalue weighted by molar-refractivity contribution is 0.0621. The highest BCUT2D eigenvalue weighted by molar-refractivity contribution is 6.31. The average Bonchev–Trinajstić information content (AvgIpc) is 1.65. The molecule has 23 rings (SSSR count). The van der Waals surface area contributed by atoms with Gasteiger partial charge in [-0.05, 0) is 279 Å². The summed E-state index contributed by atoms with van der Waals surface area (Å²) >= 11 is 11.8. The van der Waals surface area contributed by atoms with Gasteiger partial charge in [0.25, 0.3) is 5.91 Å². The van der Waals surface area contributed by atoms with Gasteiger partial charge in [-0.2, -0.15) is 5.10 Å². The molecular weight excluding hydrogens is 1700 g/mol. The molecule has 0 aliphatic carbocycles. The molecule has 0 radical (unpaired) electrons. The number of anilines is 4. The maximum atomic E-state index is 13.8. The molecule has 644 valence electrons. The van der Waals surface area contributed by atoms with Gasteiger partial charge in [0, 0.05) is 105 Å². The summed E-state index contributed by atoms with van der Waals surface area (Å²) in [5.74, 6) is 0.288. The molecule has 0 unspecified atom stereocenters. The van der Waals surface area contributed by atoms with Crippen molar-refractivity contribution in [1.29, 1.82) is 0 Å². The first kappa shape index (κ1) is 85.0. The predicted molar refractivity (Wildman–Crippen MR) is 497 cm³/mol. The van der Waals surface area contributed by atoms with Crippen LogP contribution in [0.2, 0.25) is 10.0 Å². The molecule has 130 heavy (non-hydrogen) atoms. The van der Waals surface area contributed by atoms with Gasteiger partial charge >= 0.3 is 0 Å². The lowest BCUT2D eigenvalue weighted by Gasteiger charge is -2.44. The van der Waals surface area contributed by atoms with E-state index in [2.05, 4.69) is 60.9 Å². The smallest absolute Gasteiger partial charge is 0.255 e. The van der Waals surface area contributed by atoms with Crippen molar-refractivity contribution in [2.45, 2.75) is 39.7 Å². The Labute approximate surface area is 749 Å². The quantitative estimate of drug-likeness (QED) is 0.0710. The number of fused-ring (bicyclic) bond motifs is 8. The second-order valence-corrected chi connectivity index (χ2v) is 32.1. The number of aromatic nitrogens is 11. The molecule has 14 heterocycles. The van der Waals surface area contributed by atoms with Gasteiger partial charge in [0.15, 0.2) is 45.6 Å². The van der Waals surface area contributed by atoms with Gasteiger partial charge in [-0.15, -0.1) is 0 Å². The van der Waals surface area contributed by atoms with Crippen molar-refractivity contribution in [3.05, 3.63) is 341 Å². The number of carbonyl (C=O) groups excluding carboxylic acids is 1. The highest BCUT2D eigenvalue weighted by Gasteiger charge is 2.36. The number of benzene rings is 9. The molecule has 29 heteroatoms. The summed E-state index contributed by atoms with van der Waals surface area (Å²) in [4.78, 5) is 38.1. The van der Waals surface area contributed by atoms with E-state index in [0.29, 0.717) is 85.2 Å². The van der Waals surface area contributed by atoms with Crippen LogP contribution < -0.4 is 28.3 Å². The standard InChI is InChI=1S/C27H26FN5O.2C19H14FN3O.2C18H11ClFN3O/c1-17-13-20(4-5-23(17)28)26-21(3-2-9-29-26)19-8-12-33-25(14-19)22(15-30-33)27(34)31-24-16-32-10-6-18(24)7-11-32;1-11-9-13(4-6-16(11)20)18-14(3-2-8-22-18)12-5-7-17-15(10-12)19(21)23-24-17;1-11-9-13(5-7-16(11)20)18-14(3-2-8-22-18)12-4-6-15-17(10-12)24-23-19(15)21;19-14-9-11(3-5-15(14)20)17-12(2-1-7-22-17)10-4-6-16-13(8-10)18(21)23-24-16;19-14-8-11(4-6-15(14)20)17-12(2-1-7-22-17)10-3-5-13-16(9-10)24-23-18(13)21/h2-5,8-9,12-15,18,24H,6-7,10-11,16H2,1H3,(H,31,34);2*2-10H,1H3,(H2,21,23);2*1-9H,(H2,21,23)/t24-;;;;/m0..../s1. The fraction of sp³-hybridized carbons (Fsp3) is 0.0990. The normalized spacial score (nSPS) is 13.8. The summed E-state index contributed by atoms with van der Waals surface area (Å²) in [6, 6.07) is 70.0. The van der Waals surface area contributed by atoms with Gasteiger partial charge in [0.05, 0.1) is 77.3 Å². The van der Waals surface area contributed by atoms with Crippen molar-refractivity contribution in [1.82, 2.24) is 65.4 Å². The van der Waals surface area contributed by atoms with Crippen LogP contribution in [0.15, 0.2) is 298 Å². The number of nitrogen functional groups attached to an aromatic ring is 4. The minimum Gasteiger partial charge on any atom is -0.380 e. The number of hydrogen-bond acceptors (Lipinski definition) is 20. The van der Waals surface area contributed by atoms with Gasteiger partial charge in [0.2, 0.25) is 0 Å². The van der Waals surface area contributed by atoms with E-state index < -0.39 is 11.6 Å². The number of halogens is 7. The molecule has 1 atom stereocenters. The van der Waals surface area contributed by atoms with E-state index >= 15 is 0 Å². The Morgan fingerprint density at radius 2 is 0.708 bits per heavy atom. The van der Waals surface area contributed by atoms with Crippen LogP contribution in [0.3, 0.4) is 0 Å². The molecular formula is C101H76Cl2F5N17O5. The number of nitrogens with zero attached hydrogens (tertiary/aromatic N) is 12. The van der Waals surface area contributed by atoms with E-state index in [1.165, 1.54) is 30.3 Å². The molecule has 0 spiro atoms. The summed E-state index contributed by atoms with van der Waals surface area (Å²) in [5.41, 5.74) is 45.6. The second-order valence-electron chi connectivity index (χ2n) is 31.3. The number of rotatable bonds is 12. The van der Waals surface area contributed by atoms with E-state index in [1.807, 2.05) is 158 Å². The Kier molecular flexibility index (Phi) is 23.9. The summed E-state index contributed by atoms with van der Waals surface area (Å²) in [7, 11) is 0. The Hall–Kier alpha value is -15.8. The second kappa shape index (κ2) is 36.6. The molecule has 11 aromatic heterocycles. The summed E-state index contributed by atoms with van der Waals surface area (Å²) < 4.78 is 90.3. The number of aryl methyl sites for hydroxylation is 3. The molecule has 3 fully saturated rings. The van der Waals surface area contributed by atoms with Crippen LogP contribution in [0, 0.1) is 55.8 Å². The van der Waals surface area contributed by atoms with Gasteiger partial charge < -0.3 is 51.2 Å². The van der Waals surface area contributed by atoms with E-state index in [9.17, 15) is 26.7 Å². The zero-order valence-corrected chi connectivity index (χ0v) is 71.1. The first-order valence-electron chi connectivity index (χ1n) is 41.2. The highest BCUT2D eigenvalue weighted by atomic mass is 35.5. The van der Waals surface area contributed by atoms with Crippen LogP contribution in [0.4, 0.5) is 45.2 Å². The number of carbonyl (C=O) groups is 1. The van der Waals surface area contributed by atoms with Crippen LogP contribution in [0.25, 0.3) is 161 Å². The Balaban J connectivity index is 0.000000110. The SMILES string of the molecule is Cc1cc(-c2ncccc2-c2ccc3c(N)noc3c2)ccc1F.Cc1cc(-c2ncccc2-c2ccc3onc(N)c3c2)ccc1F.Cc1cc(-c2ncccc2-c2ccn3ncc(C(=O)N[C@H]4CN5CCC4CC5)c3c2)ccc1F.Nc1noc2cc(-c3cccnc3-c3ccc(F)c(Cl)c3)ccc12.Nc1noc2ccc(-c3cccnc3-c3ccc(F)c(Cl)c3)cc12. The summed E-state index contributed by atoms with van der Waals surface area (Å²) in [6.45, 7) is 8.43. The zero-order chi connectivity index (χ0) is 90.0. The third-order valence-corrected chi connectivity index (χ3v) is 23.6. The van der Waals surface area contributed by atoms with Gasteiger partial charge in [0.1, 0.15) is 29.1 Å². The topological polar surface area (TPSA) is 322 Å². The minimum absolute atomic E-state index is 0.0579. The lowest BCUT2D eigenvalue weighted by Crippen LogP contribution is -2.57. The van der Waals surface area contributed by atoms with Crippen molar-refractivity contribution in [2.24, 2.45) is 5.92 Å². The maximum absolute atomic E-state index is 13.8. The first-order chi connectivity index (χ1) is 63.1. The molecule has 0 saturated carbocycles. The molecule has 2 bridgehead atoms. The van der Waals surface area contributed by atoms with E-state index in [1.54, 1.807) is 117 Å². The van der Waals surface area contributed by atoms with Gasteiger partial charge in [-0.3, -0.25) is 29.7 Å². The predicted octanol–water partition coefficient (Wildman–Crippen LogP) is 23.4. The van der Waals surface area contributed by atoms with Crippen molar-refractivity contribution >= 4 is 102 Å². The van der Waals surface area contributed by atoms with Gasteiger partial charge in [-0.1, -0.05) is 98.4 Å². The number of amides is 1. The van der Waals surface area contributed by atoms with Crippen molar-refractivity contribution in [2.75, 3.05) is 42.6 Å². The molecule has 1 amide bonds. The van der Waals surface area contributed by atoms with E-state index in [-0.39, 0.29) is 39.4 Å². The number of pyridine rings is 6. The van der Waals surface area contributed by atoms with Gasteiger partial charge in [-0.25, -0.2) is 26.5 Å². The largest absolute Gasteiger partial charge is 0.380 e. The Morgan fingerprint density at radius 3 is 1.07 bits per heavy atom. The van der Waals surface area contributed by atoms with Crippen LogP contribution in [-0.4, -0.2) is 91.6 Å². The Morgan fingerprint density at radius 1 is 0.377 bits per heavy atom. The number of nitrogens with two attached hydrogens (primary N) is 4. The summed E-state index contributed by atoms with van der Waals surface area (Å²) in [5, 5.41) is 25.9. The average molecular weight is 1770 g/mol. The molecule has 3 aliphatic rings. The van der Waals surface area contributed by atoms with Crippen LogP contribution in [0.5, 0.6) is 0 Å². The minimum atomic E-state index is -0.462. The molecule has 20 aromatic rings. The fourth-order valence-electron chi connectivity index (χ4n) is 16.2. The van der Waals surface area contributed by atoms with E-state index in [0.717, 1.165) is 160 Å². The molecule has 3 aliphatic heterocycles. The van der Waals surface area contributed by atoms with Crippen molar-refractivity contribution in [3.63, 3.8) is 0 Å². The number of nitrogens with one attached hydrogen (secondary N) is 1. The molecule has 22 nitrogen and oxygen atoms in total. The third kappa shape index (κ3) is 17.7. The van der Waals surface area contributed by atoms with Crippen LogP contribution in [0.1, 0.15) is 39.9 Å². The Bertz CT molecular complexity index is 7360. The highest BCUT2D eigenvalue weighted by Crippen LogP contribution is 2.42. The van der Waals surface area contributed by atoms with Crippen LogP contribution >= 0.6 is 23.2 Å². The fourth-order valence-corrected chi connectivity index (χ4v) is 16.6. The molecule has 9 aromatic carbocycles. The van der Waals surface area contributed by atoms with Crippen molar-refractivity contribution < 1.29 is 44.8 Å². The number of piperidine rings is 3. The molecule has 3 saturated heterocycles. The lowest BCUT2D eigenvalue weighted by atomic mass is 9.84. The van der Waals surface area contributed by atoms with Crippen molar-refractivity contribution in [3.8, 4) is 112 Å². The molecule has 9 N–H and O–H groups in total. The zero-order valence-electron chi connectivity index (χ0n) is 69.6. The summed E-state index contributed by atoms with van der Waals surface area (Å²) in [6.07, 6.45) is 14.4. The number of hydrogen-bond donors (Lipinski definition) is 5. The third-order valence-electron chi connectivity index (χ3n) is 23.0. The van der Waals surface area contributed by atoms with E-state index in [4.69, 9.17) is 64.2 Å². The van der Waals surface area contributed by atoms with Crippen LogP contribution in [-0.2, 0) is 0 Å². The monoisotopic (exact) mass is 1770 g/mol. The maximum Gasteiger partial charge on any atom is 0.255 e. The first-order valence-corrected chi connectivity index (χ1v) is 41.9.